The van der Waals surface area contributed by atoms with Gasteiger partial charge in [0.25, 0.3) is 0 Å². The van der Waals surface area contributed by atoms with Crippen molar-refractivity contribution < 1.29 is 0 Å². The van der Waals surface area contributed by atoms with Crippen molar-refractivity contribution in [1.82, 2.24) is 4.57 Å². The Labute approximate surface area is 325 Å². The molecule has 9 aromatic rings. The van der Waals surface area contributed by atoms with Gasteiger partial charge in [-0.05, 0) is 100 Å². The van der Waals surface area contributed by atoms with Crippen LogP contribution in [0.5, 0.6) is 0 Å². The number of rotatable bonds is 5. The molecule has 0 N–H and O–H groups in total. The van der Waals surface area contributed by atoms with Gasteiger partial charge in [0.15, 0.2) is 0 Å². The first-order valence-corrected chi connectivity index (χ1v) is 19.6. The SMILES string of the molecule is CC.Cc1cc(C)c(B2c3cc(-c4ccc(-c5ccccc5)cc4)ccc3-n3c4ccc(-c5ccccc5)cc4c4cc(-c5ccccc5)cc2c43)c(C)c1. The van der Waals surface area contributed by atoms with Crippen molar-refractivity contribution in [3.8, 4) is 50.2 Å². The molecule has 0 bridgehead atoms. The zero-order valence-corrected chi connectivity index (χ0v) is 32.3. The van der Waals surface area contributed by atoms with E-state index in [1.165, 1.54) is 105 Å². The quantitative estimate of drug-likeness (QED) is 0.157. The largest absolute Gasteiger partial charge is 0.310 e. The third-order valence-electron chi connectivity index (χ3n) is 11.3. The van der Waals surface area contributed by atoms with Gasteiger partial charge >= 0.3 is 0 Å². The number of hydrogen-bond donors (Lipinski definition) is 0. The first-order valence-electron chi connectivity index (χ1n) is 19.6. The standard InChI is InChI=1S/C51H38BN.C2H6/c1-33-27-34(2)50(35(3)28-33)52-46-31-42(40-21-19-39(20-22-40)36-13-7-4-8-14-36)24-26-49(46)53-48-25-23-41(37-15-9-5-10-16-37)29-44(48)45-30-43(32-47(52)51(45)53)38-17-11-6-12-18-38;1-2/h4-32H,1-3H3;1-2H3. The van der Waals surface area contributed by atoms with E-state index in [0.717, 1.165) is 0 Å². The van der Waals surface area contributed by atoms with Crippen LogP contribution in [0.4, 0.5) is 0 Å². The van der Waals surface area contributed by atoms with Crippen LogP contribution in [0.2, 0.25) is 0 Å². The molecule has 0 atom stereocenters. The maximum atomic E-state index is 2.55. The predicted octanol–water partition coefficient (Wildman–Crippen LogP) is 12.2. The minimum absolute atomic E-state index is 0.0608. The van der Waals surface area contributed by atoms with Crippen LogP contribution in [0, 0.1) is 20.8 Å². The maximum absolute atomic E-state index is 2.55. The van der Waals surface area contributed by atoms with Gasteiger partial charge in [0, 0.05) is 22.0 Å². The number of aryl methyl sites for hydroxylation is 3. The molecule has 10 rings (SSSR count). The summed E-state index contributed by atoms with van der Waals surface area (Å²) in [5.41, 5.74) is 21.8. The van der Waals surface area contributed by atoms with E-state index in [1.807, 2.05) is 13.8 Å². The molecule has 2 heteroatoms. The van der Waals surface area contributed by atoms with Gasteiger partial charge in [-0.25, -0.2) is 0 Å². The number of aromatic nitrogens is 1. The summed E-state index contributed by atoms with van der Waals surface area (Å²) in [4.78, 5) is 0. The second-order valence-corrected chi connectivity index (χ2v) is 14.7. The number of nitrogens with zero attached hydrogens (tertiary/aromatic N) is 1. The molecule has 8 aromatic carbocycles. The van der Waals surface area contributed by atoms with Gasteiger partial charge in [-0.15, -0.1) is 0 Å². The fourth-order valence-corrected chi connectivity index (χ4v) is 9.04. The van der Waals surface area contributed by atoms with E-state index in [9.17, 15) is 0 Å². The molecule has 0 aliphatic carbocycles. The minimum atomic E-state index is 0.0608. The third kappa shape index (κ3) is 5.90. The first-order chi connectivity index (χ1) is 27.0. The summed E-state index contributed by atoms with van der Waals surface area (Å²) in [6, 6.07) is 65.2. The molecule has 2 heterocycles. The van der Waals surface area contributed by atoms with E-state index >= 15 is 0 Å². The van der Waals surface area contributed by atoms with Gasteiger partial charge in [0.05, 0.1) is 5.52 Å². The smallest absolute Gasteiger partial charge is 0.247 e. The molecular formula is C53H44BN. The summed E-state index contributed by atoms with van der Waals surface area (Å²) in [6.45, 7) is 10.9. The Hall–Kier alpha value is -6.38. The summed E-state index contributed by atoms with van der Waals surface area (Å²) in [6.07, 6.45) is 0. The highest BCUT2D eigenvalue weighted by molar-refractivity contribution is 6.98. The van der Waals surface area contributed by atoms with Crippen LogP contribution < -0.4 is 16.4 Å². The van der Waals surface area contributed by atoms with Crippen LogP contribution in [0.1, 0.15) is 30.5 Å². The van der Waals surface area contributed by atoms with E-state index in [-0.39, 0.29) is 6.71 Å². The van der Waals surface area contributed by atoms with Gasteiger partial charge < -0.3 is 4.57 Å². The van der Waals surface area contributed by atoms with Crippen molar-refractivity contribution in [2.75, 3.05) is 0 Å². The molecule has 0 unspecified atom stereocenters. The molecule has 264 valence electrons. The number of fused-ring (bicyclic) bond motifs is 5. The summed E-state index contributed by atoms with van der Waals surface area (Å²) in [5, 5.41) is 2.58. The molecular weight excluding hydrogens is 661 g/mol. The molecule has 0 amide bonds. The summed E-state index contributed by atoms with van der Waals surface area (Å²) in [5.74, 6) is 0. The minimum Gasteiger partial charge on any atom is -0.310 e. The highest BCUT2D eigenvalue weighted by Crippen LogP contribution is 2.39. The Morgan fingerprint density at radius 3 is 1.42 bits per heavy atom. The molecule has 55 heavy (non-hydrogen) atoms. The Bertz CT molecular complexity index is 2810. The van der Waals surface area contributed by atoms with Crippen LogP contribution in [0.3, 0.4) is 0 Å². The number of hydrogen-bond acceptors (Lipinski definition) is 0. The van der Waals surface area contributed by atoms with Crippen molar-refractivity contribution in [3.05, 3.63) is 193 Å². The maximum Gasteiger partial charge on any atom is 0.247 e. The van der Waals surface area contributed by atoms with Crippen LogP contribution in [-0.2, 0) is 0 Å². The number of benzene rings is 8. The fourth-order valence-electron chi connectivity index (χ4n) is 9.04. The van der Waals surface area contributed by atoms with Crippen LogP contribution >= 0.6 is 0 Å². The molecule has 1 aromatic heterocycles. The van der Waals surface area contributed by atoms with E-state index in [0.29, 0.717) is 0 Å². The lowest BCUT2D eigenvalue weighted by atomic mass is 9.34. The fraction of sp³-hybridized carbons (Fsp3) is 0.0943. The normalized spacial score (nSPS) is 11.7. The van der Waals surface area contributed by atoms with Gasteiger partial charge in [-0.3, -0.25) is 0 Å². The van der Waals surface area contributed by atoms with E-state index < -0.39 is 0 Å². The van der Waals surface area contributed by atoms with Crippen molar-refractivity contribution in [2.24, 2.45) is 0 Å². The molecule has 0 saturated heterocycles. The lowest BCUT2D eigenvalue weighted by molar-refractivity contribution is 1.19. The predicted molar refractivity (Wildman–Crippen MR) is 239 cm³/mol. The first kappa shape index (κ1) is 34.4. The zero-order chi connectivity index (χ0) is 37.6. The van der Waals surface area contributed by atoms with Crippen LogP contribution in [0.25, 0.3) is 72.0 Å². The molecule has 0 radical (unpaired) electrons. The van der Waals surface area contributed by atoms with Crippen LogP contribution in [-0.4, -0.2) is 11.3 Å². The summed E-state index contributed by atoms with van der Waals surface area (Å²) >= 11 is 0. The Balaban J connectivity index is 0.00000195. The topological polar surface area (TPSA) is 4.93 Å². The van der Waals surface area contributed by atoms with E-state index in [1.54, 1.807) is 0 Å². The molecule has 0 spiro atoms. The summed E-state index contributed by atoms with van der Waals surface area (Å²) in [7, 11) is 0. The molecule has 0 saturated carbocycles. The second kappa shape index (κ2) is 14.1. The second-order valence-electron chi connectivity index (χ2n) is 14.7. The molecule has 0 fully saturated rings. The molecule has 1 aliphatic rings. The van der Waals surface area contributed by atoms with Gasteiger partial charge in [0.2, 0.25) is 6.71 Å². The van der Waals surface area contributed by atoms with Gasteiger partial charge in [0.1, 0.15) is 0 Å². The Kier molecular flexibility index (Phi) is 8.83. The van der Waals surface area contributed by atoms with Crippen molar-refractivity contribution >= 4 is 44.9 Å². The highest BCUT2D eigenvalue weighted by Gasteiger charge is 2.36. The zero-order valence-electron chi connectivity index (χ0n) is 32.3. The molecule has 1 aliphatic heterocycles. The van der Waals surface area contributed by atoms with Crippen molar-refractivity contribution in [1.29, 1.82) is 0 Å². The van der Waals surface area contributed by atoms with Crippen LogP contribution in [0.15, 0.2) is 176 Å². The lowest BCUT2D eigenvalue weighted by Gasteiger charge is -2.30. The Morgan fingerprint density at radius 1 is 0.382 bits per heavy atom. The highest BCUT2D eigenvalue weighted by atomic mass is 15.0. The average molecular weight is 706 g/mol. The van der Waals surface area contributed by atoms with Gasteiger partial charge in [-0.1, -0.05) is 188 Å². The monoisotopic (exact) mass is 705 g/mol. The lowest BCUT2D eigenvalue weighted by Crippen LogP contribution is -2.57. The summed E-state index contributed by atoms with van der Waals surface area (Å²) < 4.78 is 2.55. The van der Waals surface area contributed by atoms with E-state index in [4.69, 9.17) is 0 Å². The van der Waals surface area contributed by atoms with Crippen molar-refractivity contribution in [2.45, 2.75) is 34.6 Å². The van der Waals surface area contributed by atoms with Gasteiger partial charge in [-0.2, -0.15) is 0 Å². The van der Waals surface area contributed by atoms with E-state index in [2.05, 4.69) is 201 Å². The van der Waals surface area contributed by atoms with Crippen molar-refractivity contribution in [3.63, 3.8) is 0 Å². The third-order valence-corrected chi connectivity index (χ3v) is 11.3. The molecule has 1 nitrogen and oxygen atoms in total. The average Bonchev–Trinajstić information content (AvgIpc) is 3.57. The Morgan fingerprint density at radius 2 is 0.818 bits per heavy atom.